The van der Waals surface area contributed by atoms with Gasteiger partial charge >= 0.3 is 0 Å². The Morgan fingerprint density at radius 1 is 1.00 bits per heavy atom. The van der Waals surface area contributed by atoms with Gasteiger partial charge in [-0.05, 0) is 45.0 Å². The van der Waals surface area contributed by atoms with Crippen LogP contribution in [-0.2, 0) is 0 Å². The highest BCUT2D eigenvalue weighted by Crippen LogP contribution is 2.41. The van der Waals surface area contributed by atoms with Crippen molar-refractivity contribution < 1.29 is 24.4 Å². The van der Waals surface area contributed by atoms with Crippen molar-refractivity contribution in [1.82, 2.24) is 4.68 Å². The number of thiazole rings is 1. The van der Waals surface area contributed by atoms with E-state index in [1.165, 1.54) is 23.5 Å². The van der Waals surface area contributed by atoms with Crippen LogP contribution in [0.2, 0.25) is 0 Å². The number of phenols is 2. The van der Waals surface area contributed by atoms with Gasteiger partial charge in [0.1, 0.15) is 11.5 Å². The molecule has 0 aliphatic heterocycles. The Labute approximate surface area is 190 Å². The lowest BCUT2D eigenvalue weighted by Gasteiger charge is -2.14. The largest absolute Gasteiger partial charge is 0.508 e. The summed E-state index contributed by atoms with van der Waals surface area (Å²) in [5, 5.41) is 26.6. The molecule has 0 atom stereocenters. The first-order chi connectivity index (χ1) is 15.3. The quantitative estimate of drug-likeness (QED) is 0.517. The molecule has 0 radical (unpaired) electrons. The lowest BCUT2D eigenvalue weighted by Crippen LogP contribution is -2.16. The predicted octanol–water partition coefficient (Wildman–Crippen LogP) is 4.24. The molecule has 0 saturated heterocycles. The van der Waals surface area contributed by atoms with Gasteiger partial charge in [-0.2, -0.15) is 5.10 Å². The fourth-order valence-corrected chi connectivity index (χ4v) is 4.13. The lowest BCUT2D eigenvalue weighted by atomic mass is 10.1. The maximum Gasteiger partial charge on any atom is 0.206 e. The van der Waals surface area contributed by atoms with Crippen molar-refractivity contribution >= 4 is 17.0 Å². The summed E-state index contributed by atoms with van der Waals surface area (Å²) in [6.45, 7) is 5.77. The van der Waals surface area contributed by atoms with Crippen molar-refractivity contribution in [3.8, 4) is 40.0 Å². The van der Waals surface area contributed by atoms with Crippen molar-refractivity contribution in [2.75, 3.05) is 21.3 Å². The SMILES string of the molecule is COc1cc(-c2csc(=NC(C)C)n2N=C(C)c2ccc(O)cc2O)cc(OC)c1OC. The Bertz CT molecular complexity index is 1190. The molecule has 1 heterocycles. The number of phenolic OH excluding ortho intramolecular Hbond substituents is 2. The average Bonchev–Trinajstić information content (AvgIpc) is 3.13. The van der Waals surface area contributed by atoms with Crippen molar-refractivity contribution in [2.24, 2.45) is 10.1 Å². The maximum absolute atomic E-state index is 10.3. The summed E-state index contributed by atoms with van der Waals surface area (Å²) in [4.78, 5) is 5.39. The molecule has 0 aliphatic rings. The van der Waals surface area contributed by atoms with Crippen LogP contribution in [0.1, 0.15) is 26.3 Å². The Morgan fingerprint density at radius 2 is 1.66 bits per heavy atom. The number of ether oxygens (including phenoxy) is 3. The van der Waals surface area contributed by atoms with Gasteiger partial charge in [0, 0.05) is 28.6 Å². The molecular formula is C23H27N3O5S. The first-order valence-electron chi connectivity index (χ1n) is 9.91. The van der Waals surface area contributed by atoms with Crippen molar-refractivity contribution in [3.05, 3.63) is 46.1 Å². The van der Waals surface area contributed by atoms with Gasteiger partial charge in [-0.1, -0.05) is 0 Å². The minimum absolute atomic E-state index is 0.0177. The van der Waals surface area contributed by atoms with Crippen LogP contribution in [0, 0.1) is 0 Å². The average molecular weight is 458 g/mol. The molecule has 2 aromatic carbocycles. The van der Waals surface area contributed by atoms with E-state index in [2.05, 4.69) is 0 Å². The topological polar surface area (TPSA) is 97.8 Å². The monoisotopic (exact) mass is 457 g/mol. The summed E-state index contributed by atoms with van der Waals surface area (Å²) in [6.07, 6.45) is 0. The van der Waals surface area contributed by atoms with E-state index in [-0.39, 0.29) is 17.5 Å². The fraction of sp³-hybridized carbons (Fsp3) is 0.304. The van der Waals surface area contributed by atoms with Gasteiger partial charge < -0.3 is 24.4 Å². The second-order valence-corrected chi connectivity index (χ2v) is 8.08. The zero-order valence-corrected chi connectivity index (χ0v) is 19.7. The molecule has 0 bridgehead atoms. The van der Waals surface area contributed by atoms with Crippen LogP contribution in [-0.4, -0.2) is 48.0 Å². The summed E-state index contributed by atoms with van der Waals surface area (Å²) in [5.74, 6) is 1.48. The van der Waals surface area contributed by atoms with Gasteiger partial charge in [-0.3, -0.25) is 4.99 Å². The van der Waals surface area contributed by atoms with Crippen molar-refractivity contribution in [1.29, 1.82) is 0 Å². The molecule has 0 unspecified atom stereocenters. The zero-order chi connectivity index (χ0) is 23.4. The van der Waals surface area contributed by atoms with Gasteiger partial charge in [0.15, 0.2) is 11.5 Å². The van der Waals surface area contributed by atoms with Crippen molar-refractivity contribution in [2.45, 2.75) is 26.8 Å². The lowest BCUT2D eigenvalue weighted by molar-refractivity contribution is 0.324. The van der Waals surface area contributed by atoms with E-state index in [4.69, 9.17) is 24.3 Å². The number of methoxy groups -OCH3 is 3. The molecule has 9 heteroatoms. The minimum Gasteiger partial charge on any atom is -0.508 e. The summed E-state index contributed by atoms with van der Waals surface area (Å²) in [5.41, 5.74) is 2.63. The molecule has 32 heavy (non-hydrogen) atoms. The van der Waals surface area contributed by atoms with Gasteiger partial charge in [-0.25, -0.2) is 4.68 Å². The summed E-state index contributed by atoms with van der Waals surface area (Å²) in [7, 11) is 4.69. The number of aromatic hydroxyl groups is 2. The summed E-state index contributed by atoms with van der Waals surface area (Å²) >= 11 is 1.45. The third-order valence-corrected chi connectivity index (χ3v) is 5.47. The zero-order valence-electron chi connectivity index (χ0n) is 18.9. The predicted molar refractivity (Wildman–Crippen MR) is 125 cm³/mol. The molecule has 0 aliphatic carbocycles. The van der Waals surface area contributed by atoms with Crippen LogP contribution >= 0.6 is 11.3 Å². The first-order valence-corrected chi connectivity index (χ1v) is 10.8. The minimum atomic E-state index is -0.0567. The Balaban J connectivity index is 2.25. The highest BCUT2D eigenvalue weighted by molar-refractivity contribution is 7.07. The standard InChI is InChI=1S/C23H27N3O5S/c1-13(2)24-23-26(25-14(3)17-8-7-16(27)11-19(17)28)18(12-32-23)15-9-20(29-4)22(31-6)21(10-15)30-5/h7-13,27-28H,1-6H3. The fourth-order valence-electron chi connectivity index (χ4n) is 3.16. The summed E-state index contributed by atoms with van der Waals surface area (Å²) in [6, 6.07) is 8.17. The molecule has 8 nitrogen and oxygen atoms in total. The third-order valence-electron chi connectivity index (χ3n) is 4.64. The summed E-state index contributed by atoms with van der Waals surface area (Å²) < 4.78 is 18.2. The van der Waals surface area contributed by atoms with Crippen molar-refractivity contribution in [3.63, 3.8) is 0 Å². The van der Waals surface area contributed by atoms with Crippen LogP contribution < -0.4 is 19.0 Å². The van der Waals surface area contributed by atoms with Gasteiger partial charge in [0.2, 0.25) is 10.6 Å². The molecule has 3 aromatic rings. The first kappa shape index (κ1) is 23.2. The Morgan fingerprint density at radius 3 is 2.19 bits per heavy atom. The molecule has 1 aromatic heterocycles. The normalized spacial score (nSPS) is 12.3. The molecular weight excluding hydrogens is 430 g/mol. The van der Waals surface area contributed by atoms with Gasteiger partial charge in [-0.15, -0.1) is 11.3 Å². The van der Waals surface area contributed by atoms with Crippen LogP contribution in [0.25, 0.3) is 11.3 Å². The molecule has 3 rings (SSSR count). The highest BCUT2D eigenvalue weighted by Gasteiger charge is 2.17. The molecule has 170 valence electrons. The molecule has 0 spiro atoms. The molecule has 0 amide bonds. The van der Waals surface area contributed by atoms with Crippen LogP contribution in [0.15, 0.2) is 45.8 Å². The maximum atomic E-state index is 10.3. The number of aromatic nitrogens is 1. The number of hydrogen-bond acceptors (Lipinski definition) is 8. The number of hydrogen-bond donors (Lipinski definition) is 2. The second kappa shape index (κ2) is 9.78. The molecule has 0 fully saturated rings. The van der Waals surface area contributed by atoms with E-state index in [1.807, 2.05) is 31.4 Å². The van der Waals surface area contributed by atoms with E-state index in [0.717, 1.165) is 11.3 Å². The third kappa shape index (κ3) is 4.72. The number of nitrogens with zero attached hydrogens (tertiary/aromatic N) is 3. The Kier molecular flexibility index (Phi) is 7.09. The van der Waals surface area contributed by atoms with E-state index >= 15 is 0 Å². The van der Waals surface area contributed by atoms with E-state index in [9.17, 15) is 10.2 Å². The number of rotatable bonds is 7. The smallest absolute Gasteiger partial charge is 0.206 e. The van der Waals surface area contributed by atoms with Crippen LogP contribution in [0.4, 0.5) is 0 Å². The molecule has 2 N–H and O–H groups in total. The number of benzene rings is 2. The molecule has 0 saturated carbocycles. The highest BCUT2D eigenvalue weighted by atomic mass is 32.1. The van der Waals surface area contributed by atoms with Crippen LogP contribution in [0.5, 0.6) is 28.7 Å². The van der Waals surface area contributed by atoms with E-state index in [1.54, 1.807) is 39.0 Å². The Hall–Kier alpha value is -3.46. The second-order valence-electron chi connectivity index (χ2n) is 7.24. The van der Waals surface area contributed by atoms with Gasteiger partial charge in [0.05, 0.1) is 32.7 Å². The van der Waals surface area contributed by atoms with Gasteiger partial charge in [0.25, 0.3) is 0 Å². The van der Waals surface area contributed by atoms with E-state index in [0.29, 0.717) is 33.3 Å². The van der Waals surface area contributed by atoms with E-state index < -0.39 is 0 Å². The van der Waals surface area contributed by atoms with Crippen LogP contribution in [0.3, 0.4) is 0 Å².